The third-order valence-corrected chi connectivity index (χ3v) is 5.74. The second kappa shape index (κ2) is 8.51. The molecule has 0 aromatic heterocycles. The van der Waals surface area contributed by atoms with Crippen LogP contribution >= 0.6 is 0 Å². The normalized spacial score (nSPS) is 25.6. The summed E-state index contributed by atoms with van der Waals surface area (Å²) < 4.78 is 0. The number of aliphatic hydroxyl groups is 1. The second-order valence-corrected chi connectivity index (χ2v) is 8.34. The van der Waals surface area contributed by atoms with Crippen molar-refractivity contribution in [2.75, 3.05) is 53.4 Å². The van der Waals surface area contributed by atoms with E-state index in [-0.39, 0.29) is 5.91 Å². The lowest BCUT2D eigenvalue weighted by Crippen LogP contribution is -2.56. The maximum absolute atomic E-state index is 12.8. The van der Waals surface area contributed by atoms with Gasteiger partial charge in [-0.3, -0.25) is 9.69 Å². The summed E-state index contributed by atoms with van der Waals surface area (Å²) in [6, 6.07) is 10.7. The number of rotatable bonds is 5. The number of β-amino-alcohol motifs (C(OH)–C–C–N with tert-alkyl or cyclic N) is 1. The quantitative estimate of drug-likeness (QED) is 0.871. The molecule has 1 aromatic rings. The van der Waals surface area contributed by atoms with Crippen molar-refractivity contribution >= 4 is 5.91 Å². The van der Waals surface area contributed by atoms with E-state index in [4.69, 9.17) is 0 Å². The summed E-state index contributed by atoms with van der Waals surface area (Å²) in [6.45, 7) is 4.28. The Hall–Kier alpha value is -1.43. The van der Waals surface area contributed by atoms with E-state index >= 15 is 0 Å². The van der Waals surface area contributed by atoms with Crippen molar-refractivity contribution in [3.8, 4) is 0 Å². The van der Waals surface area contributed by atoms with Gasteiger partial charge in [0.2, 0.25) is 5.91 Å². The fraction of sp³-hybridized carbons (Fsp3) is 0.667. The maximum Gasteiger partial charge on any atom is 0.236 e. The van der Waals surface area contributed by atoms with Crippen LogP contribution in [0.5, 0.6) is 0 Å². The average Bonchev–Trinajstić information content (AvgIpc) is 2.62. The molecular weight excluding hydrogens is 326 g/mol. The molecule has 0 bridgehead atoms. The summed E-state index contributed by atoms with van der Waals surface area (Å²) in [5.41, 5.74) is 0.654. The van der Waals surface area contributed by atoms with E-state index in [0.29, 0.717) is 25.6 Å². The van der Waals surface area contributed by atoms with Crippen molar-refractivity contribution in [1.82, 2.24) is 14.7 Å². The van der Waals surface area contributed by atoms with Crippen LogP contribution in [0.3, 0.4) is 0 Å². The van der Waals surface area contributed by atoms with Gasteiger partial charge in [-0.1, -0.05) is 30.3 Å². The number of hydrogen-bond donors (Lipinski definition) is 1. The molecule has 5 heteroatoms. The highest BCUT2D eigenvalue weighted by Gasteiger charge is 2.36. The molecule has 1 atom stereocenters. The van der Waals surface area contributed by atoms with E-state index in [1.165, 1.54) is 5.56 Å². The van der Waals surface area contributed by atoms with Crippen LogP contribution in [0, 0.1) is 0 Å². The summed E-state index contributed by atoms with van der Waals surface area (Å²) >= 11 is 0. The molecule has 2 heterocycles. The Balaban J connectivity index is 1.48. The Morgan fingerprint density at radius 1 is 1.19 bits per heavy atom. The highest BCUT2D eigenvalue weighted by molar-refractivity contribution is 5.78. The van der Waals surface area contributed by atoms with Crippen LogP contribution in [-0.4, -0.2) is 84.7 Å². The Labute approximate surface area is 157 Å². The van der Waals surface area contributed by atoms with Gasteiger partial charge in [0.25, 0.3) is 0 Å². The fourth-order valence-electron chi connectivity index (χ4n) is 4.48. The summed E-state index contributed by atoms with van der Waals surface area (Å²) in [4.78, 5) is 18.9. The zero-order valence-corrected chi connectivity index (χ0v) is 16.2. The Bertz CT molecular complexity index is 584. The van der Waals surface area contributed by atoms with Crippen molar-refractivity contribution in [2.24, 2.45) is 0 Å². The van der Waals surface area contributed by atoms with Crippen LogP contribution in [0.1, 0.15) is 37.2 Å². The number of carbonyl (C=O) groups is 1. The van der Waals surface area contributed by atoms with Crippen molar-refractivity contribution in [2.45, 2.75) is 37.2 Å². The monoisotopic (exact) mass is 359 g/mol. The number of carbonyl (C=O) groups excluding carboxylic acids is 1. The summed E-state index contributed by atoms with van der Waals surface area (Å²) in [5, 5.41) is 10.8. The van der Waals surface area contributed by atoms with Crippen LogP contribution in [0.25, 0.3) is 0 Å². The molecule has 2 aliphatic rings. The number of amides is 1. The molecule has 2 saturated heterocycles. The van der Waals surface area contributed by atoms with Gasteiger partial charge < -0.3 is 14.9 Å². The van der Waals surface area contributed by atoms with Crippen LogP contribution in [0.4, 0.5) is 0 Å². The van der Waals surface area contributed by atoms with Crippen molar-refractivity contribution in [3.05, 3.63) is 35.9 Å². The number of likely N-dealkylation sites (tertiary alicyclic amines) is 2. The Morgan fingerprint density at radius 2 is 1.88 bits per heavy atom. The van der Waals surface area contributed by atoms with Crippen molar-refractivity contribution < 1.29 is 9.90 Å². The molecule has 5 nitrogen and oxygen atoms in total. The van der Waals surface area contributed by atoms with Gasteiger partial charge in [-0.05, 0) is 64.3 Å². The highest BCUT2D eigenvalue weighted by atomic mass is 16.3. The first-order chi connectivity index (χ1) is 12.5. The zero-order chi connectivity index (χ0) is 18.6. The highest BCUT2D eigenvalue weighted by Crippen LogP contribution is 2.28. The largest absolute Gasteiger partial charge is 0.387 e. The zero-order valence-electron chi connectivity index (χ0n) is 16.2. The lowest BCUT2D eigenvalue weighted by atomic mass is 9.89. The van der Waals surface area contributed by atoms with Crippen LogP contribution < -0.4 is 0 Å². The molecule has 3 rings (SSSR count). The molecule has 1 amide bonds. The first kappa shape index (κ1) is 19.3. The minimum Gasteiger partial charge on any atom is -0.387 e. The lowest BCUT2D eigenvalue weighted by molar-refractivity contribution is -0.140. The van der Waals surface area contributed by atoms with Gasteiger partial charge in [-0.15, -0.1) is 0 Å². The first-order valence-electron chi connectivity index (χ1n) is 9.87. The molecule has 0 aliphatic carbocycles. The van der Waals surface area contributed by atoms with E-state index in [1.807, 2.05) is 23.9 Å². The molecule has 2 aliphatic heterocycles. The predicted octanol–water partition coefficient (Wildman–Crippen LogP) is 1.78. The van der Waals surface area contributed by atoms with Crippen molar-refractivity contribution in [3.63, 3.8) is 0 Å². The third-order valence-electron chi connectivity index (χ3n) is 5.74. The maximum atomic E-state index is 12.8. The fourth-order valence-corrected chi connectivity index (χ4v) is 4.48. The van der Waals surface area contributed by atoms with Gasteiger partial charge in [-0.2, -0.15) is 0 Å². The average molecular weight is 360 g/mol. The third kappa shape index (κ3) is 5.06. The van der Waals surface area contributed by atoms with E-state index in [0.717, 1.165) is 45.3 Å². The van der Waals surface area contributed by atoms with Gasteiger partial charge in [0, 0.05) is 13.1 Å². The number of nitrogens with zero attached hydrogens (tertiary/aromatic N) is 3. The predicted molar refractivity (Wildman–Crippen MR) is 104 cm³/mol. The molecule has 26 heavy (non-hydrogen) atoms. The van der Waals surface area contributed by atoms with E-state index in [2.05, 4.69) is 35.2 Å². The first-order valence-corrected chi connectivity index (χ1v) is 9.87. The number of likely N-dealkylation sites (N-methyl/N-ethyl adjacent to an activating group) is 1. The minimum absolute atomic E-state index is 0.167. The van der Waals surface area contributed by atoms with Crippen LogP contribution in [0.2, 0.25) is 0 Å². The van der Waals surface area contributed by atoms with Crippen molar-refractivity contribution in [1.29, 1.82) is 0 Å². The van der Waals surface area contributed by atoms with Gasteiger partial charge >= 0.3 is 0 Å². The van der Waals surface area contributed by atoms with Gasteiger partial charge in [-0.25, -0.2) is 0 Å². The van der Waals surface area contributed by atoms with Gasteiger partial charge in [0.1, 0.15) is 0 Å². The molecule has 0 radical (unpaired) electrons. The smallest absolute Gasteiger partial charge is 0.236 e. The number of benzene rings is 1. The topological polar surface area (TPSA) is 47.0 Å². The van der Waals surface area contributed by atoms with E-state index < -0.39 is 5.60 Å². The van der Waals surface area contributed by atoms with E-state index in [9.17, 15) is 9.90 Å². The summed E-state index contributed by atoms with van der Waals surface area (Å²) in [6.07, 6.45) is 3.88. The van der Waals surface area contributed by atoms with E-state index in [1.54, 1.807) is 0 Å². The molecule has 2 fully saturated rings. The Morgan fingerprint density at radius 3 is 2.54 bits per heavy atom. The van der Waals surface area contributed by atoms with Crippen LogP contribution in [0.15, 0.2) is 30.3 Å². The minimum atomic E-state index is -0.766. The second-order valence-electron chi connectivity index (χ2n) is 8.34. The molecule has 0 saturated carbocycles. The summed E-state index contributed by atoms with van der Waals surface area (Å²) in [7, 11) is 3.94. The number of piperidine rings is 2. The molecule has 1 aromatic carbocycles. The molecule has 144 valence electrons. The lowest BCUT2D eigenvalue weighted by Gasteiger charge is -2.41. The van der Waals surface area contributed by atoms with Gasteiger partial charge in [0.15, 0.2) is 0 Å². The molecule has 0 unspecified atom stereocenters. The number of hydrogen-bond acceptors (Lipinski definition) is 4. The van der Waals surface area contributed by atoms with Crippen LogP contribution in [-0.2, 0) is 4.79 Å². The van der Waals surface area contributed by atoms with Gasteiger partial charge in [0.05, 0.1) is 18.7 Å². The summed E-state index contributed by atoms with van der Waals surface area (Å²) in [5.74, 6) is 0.780. The molecular formula is C21H33N3O2. The molecule has 0 spiro atoms. The Kier molecular flexibility index (Phi) is 6.33. The SMILES string of the molecule is CN(C)C[C@@]1(O)CCCN(C(=O)CN2CCC(c3ccccc3)CC2)C1. The standard InChI is InChI=1S/C21H33N3O2/c1-22(2)16-21(26)11-6-12-24(17-21)20(25)15-23-13-9-19(10-14-23)18-7-4-3-5-8-18/h3-5,7-8,19,26H,6,9-17H2,1-2H3/t21-/m0/s1. The molecule has 1 N–H and O–H groups in total.